The SMILES string of the molecule is C/C=C\C(=C/C)CNC/C=C/c1ccccc1. The van der Waals surface area contributed by atoms with Crippen molar-refractivity contribution in [3.63, 3.8) is 0 Å². The van der Waals surface area contributed by atoms with Gasteiger partial charge in [-0.3, -0.25) is 0 Å². The predicted octanol–water partition coefficient (Wildman–Crippen LogP) is 3.81. The molecule has 1 aromatic carbocycles. The molecule has 1 N–H and O–H groups in total. The Morgan fingerprint density at radius 1 is 1.18 bits per heavy atom. The summed E-state index contributed by atoms with van der Waals surface area (Å²) >= 11 is 0. The Labute approximate surface area is 105 Å². The molecular weight excluding hydrogens is 206 g/mol. The molecule has 1 heteroatoms. The van der Waals surface area contributed by atoms with Gasteiger partial charge in [0.25, 0.3) is 0 Å². The van der Waals surface area contributed by atoms with Crippen LogP contribution >= 0.6 is 0 Å². The van der Waals surface area contributed by atoms with Crippen LogP contribution in [-0.4, -0.2) is 13.1 Å². The van der Waals surface area contributed by atoms with Gasteiger partial charge in [-0.05, 0) is 25.0 Å². The zero-order chi connectivity index (χ0) is 12.3. The molecule has 0 amide bonds. The minimum absolute atomic E-state index is 0.893. The zero-order valence-corrected chi connectivity index (χ0v) is 10.7. The van der Waals surface area contributed by atoms with Crippen molar-refractivity contribution in [1.29, 1.82) is 0 Å². The van der Waals surface area contributed by atoms with Gasteiger partial charge in [0.15, 0.2) is 0 Å². The normalized spacial score (nSPS) is 12.7. The highest BCUT2D eigenvalue weighted by molar-refractivity contribution is 5.48. The minimum atomic E-state index is 0.893. The van der Waals surface area contributed by atoms with Gasteiger partial charge in [0.1, 0.15) is 0 Å². The second-order valence-electron chi connectivity index (χ2n) is 3.81. The van der Waals surface area contributed by atoms with Gasteiger partial charge in [-0.25, -0.2) is 0 Å². The van der Waals surface area contributed by atoms with Crippen LogP contribution in [0.15, 0.2) is 60.2 Å². The third kappa shape index (κ3) is 5.88. The smallest absolute Gasteiger partial charge is 0.0205 e. The van der Waals surface area contributed by atoms with Gasteiger partial charge in [-0.1, -0.05) is 60.7 Å². The number of allylic oxidation sites excluding steroid dienone is 2. The fourth-order valence-electron chi connectivity index (χ4n) is 1.53. The van der Waals surface area contributed by atoms with Gasteiger partial charge >= 0.3 is 0 Å². The van der Waals surface area contributed by atoms with Crippen molar-refractivity contribution in [2.75, 3.05) is 13.1 Å². The first-order valence-corrected chi connectivity index (χ1v) is 6.07. The number of hydrogen-bond acceptors (Lipinski definition) is 1. The molecule has 0 aromatic heterocycles. The van der Waals surface area contributed by atoms with Crippen LogP contribution in [0.2, 0.25) is 0 Å². The van der Waals surface area contributed by atoms with Crippen LogP contribution in [0.4, 0.5) is 0 Å². The molecule has 17 heavy (non-hydrogen) atoms. The molecular formula is C16H21N. The van der Waals surface area contributed by atoms with E-state index in [9.17, 15) is 0 Å². The molecule has 0 fully saturated rings. The summed E-state index contributed by atoms with van der Waals surface area (Å²) < 4.78 is 0. The van der Waals surface area contributed by atoms with E-state index in [2.05, 4.69) is 66.9 Å². The van der Waals surface area contributed by atoms with E-state index in [0.29, 0.717) is 0 Å². The second-order valence-corrected chi connectivity index (χ2v) is 3.81. The van der Waals surface area contributed by atoms with Crippen molar-refractivity contribution < 1.29 is 0 Å². The molecule has 0 aliphatic rings. The quantitative estimate of drug-likeness (QED) is 0.575. The lowest BCUT2D eigenvalue weighted by Gasteiger charge is -2.02. The lowest BCUT2D eigenvalue weighted by molar-refractivity contribution is 0.826. The Bertz CT molecular complexity index is 385. The van der Waals surface area contributed by atoms with Crippen molar-refractivity contribution in [1.82, 2.24) is 5.32 Å². The number of hydrogen-bond donors (Lipinski definition) is 1. The molecule has 0 atom stereocenters. The topological polar surface area (TPSA) is 12.0 Å². The van der Waals surface area contributed by atoms with E-state index in [1.54, 1.807) is 0 Å². The summed E-state index contributed by atoms with van der Waals surface area (Å²) in [5.74, 6) is 0. The fraction of sp³-hybridized carbons (Fsp3) is 0.250. The summed E-state index contributed by atoms with van der Waals surface area (Å²) in [5, 5.41) is 3.39. The highest BCUT2D eigenvalue weighted by Gasteiger charge is 1.88. The fourth-order valence-corrected chi connectivity index (χ4v) is 1.53. The van der Waals surface area contributed by atoms with E-state index >= 15 is 0 Å². The third-order valence-electron chi connectivity index (χ3n) is 2.45. The number of benzene rings is 1. The molecule has 0 bridgehead atoms. The minimum Gasteiger partial charge on any atom is -0.309 e. The first-order valence-electron chi connectivity index (χ1n) is 6.07. The van der Waals surface area contributed by atoms with E-state index in [4.69, 9.17) is 0 Å². The standard InChI is InChI=1S/C16H21N/c1-3-9-15(4-2)14-17-13-8-12-16-10-6-5-7-11-16/h3-12,17H,13-14H2,1-2H3/b9-3-,12-8+,15-4+. The van der Waals surface area contributed by atoms with E-state index < -0.39 is 0 Å². The zero-order valence-electron chi connectivity index (χ0n) is 10.7. The first-order chi connectivity index (χ1) is 8.36. The molecule has 1 rings (SSSR count). The summed E-state index contributed by atoms with van der Waals surface area (Å²) in [5.41, 5.74) is 2.56. The van der Waals surface area contributed by atoms with Crippen LogP contribution in [-0.2, 0) is 0 Å². The maximum absolute atomic E-state index is 3.39. The molecule has 0 saturated heterocycles. The number of nitrogens with one attached hydrogen (secondary N) is 1. The molecule has 0 heterocycles. The third-order valence-corrected chi connectivity index (χ3v) is 2.45. The summed E-state index contributed by atoms with van der Waals surface area (Å²) in [4.78, 5) is 0. The summed E-state index contributed by atoms with van der Waals surface area (Å²) in [6.45, 7) is 5.92. The van der Waals surface area contributed by atoms with Gasteiger partial charge in [0.05, 0.1) is 0 Å². The first kappa shape index (κ1) is 13.5. The Morgan fingerprint density at radius 2 is 1.94 bits per heavy atom. The van der Waals surface area contributed by atoms with Crippen LogP contribution < -0.4 is 5.32 Å². The van der Waals surface area contributed by atoms with Crippen molar-refractivity contribution in [3.8, 4) is 0 Å². The second kappa shape index (κ2) is 8.54. The maximum atomic E-state index is 3.39. The molecule has 0 unspecified atom stereocenters. The molecule has 0 saturated carbocycles. The van der Waals surface area contributed by atoms with Gasteiger partial charge in [0, 0.05) is 13.1 Å². The predicted molar refractivity (Wildman–Crippen MR) is 76.9 cm³/mol. The maximum Gasteiger partial charge on any atom is 0.0205 e. The average Bonchev–Trinajstić information content (AvgIpc) is 2.38. The van der Waals surface area contributed by atoms with Crippen LogP contribution in [0, 0.1) is 0 Å². The lowest BCUT2D eigenvalue weighted by atomic mass is 10.2. The highest BCUT2D eigenvalue weighted by atomic mass is 14.8. The van der Waals surface area contributed by atoms with Gasteiger partial charge in [-0.2, -0.15) is 0 Å². The molecule has 1 nitrogen and oxygen atoms in total. The molecule has 1 aromatic rings. The van der Waals surface area contributed by atoms with Crippen molar-refractivity contribution in [2.24, 2.45) is 0 Å². The summed E-state index contributed by atoms with van der Waals surface area (Å²) in [7, 11) is 0. The highest BCUT2D eigenvalue weighted by Crippen LogP contribution is 2.00. The van der Waals surface area contributed by atoms with Gasteiger partial charge in [-0.15, -0.1) is 0 Å². The van der Waals surface area contributed by atoms with Crippen LogP contribution in [0.25, 0.3) is 6.08 Å². The monoisotopic (exact) mass is 227 g/mol. The van der Waals surface area contributed by atoms with E-state index in [1.807, 2.05) is 13.0 Å². The van der Waals surface area contributed by atoms with E-state index in [0.717, 1.165) is 13.1 Å². The van der Waals surface area contributed by atoms with Crippen molar-refractivity contribution in [3.05, 3.63) is 65.8 Å². The van der Waals surface area contributed by atoms with Gasteiger partial charge < -0.3 is 5.32 Å². The number of rotatable bonds is 6. The average molecular weight is 227 g/mol. The van der Waals surface area contributed by atoms with Gasteiger partial charge in [0.2, 0.25) is 0 Å². The Morgan fingerprint density at radius 3 is 2.59 bits per heavy atom. The van der Waals surface area contributed by atoms with E-state index in [1.165, 1.54) is 11.1 Å². The molecule has 90 valence electrons. The van der Waals surface area contributed by atoms with E-state index in [-0.39, 0.29) is 0 Å². The van der Waals surface area contributed by atoms with Crippen LogP contribution in [0.3, 0.4) is 0 Å². The van der Waals surface area contributed by atoms with Crippen molar-refractivity contribution >= 4 is 6.08 Å². The summed E-state index contributed by atoms with van der Waals surface area (Å²) in [6.07, 6.45) is 10.6. The molecule has 0 radical (unpaired) electrons. The Kier molecular flexibility index (Phi) is 6.76. The largest absolute Gasteiger partial charge is 0.309 e. The Hall–Kier alpha value is -1.60. The van der Waals surface area contributed by atoms with Crippen LogP contribution in [0.5, 0.6) is 0 Å². The Balaban J connectivity index is 2.27. The molecule has 0 spiro atoms. The van der Waals surface area contributed by atoms with Crippen molar-refractivity contribution in [2.45, 2.75) is 13.8 Å². The van der Waals surface area contributed by atoms with Crippen LogP contribution in [0.1, 0.15) is 19.4 Å². The molecule has 0 aliphatic heterocycles. The summed E-state index contributed by atoms with van der Waals surface area (Å²) in [6, 6.07) is 10.3. The lowest BCUT2D eigenvalue weighted by Crippen LogP contribution is -2.16. The molecule has 0 aliphatic carbocycles.